The average Bonchev–Trinajstić information content (AvgIpc) is 3.70. The molecule has 5 aromatic rings. The Kier molecular flexibility index (Phi) is 12.8. The van der Waals surface area contributed by atoms with Crippen LogP contribution in [0.25, 0.3) is 16.6 Å². The number of aromatic nitrogens is 2. The number of amides is 1. The topological polar surface area (TPSA) is 179 Å². The Morgan fingerprint density at radius 1 is 0.944 bits per heavy atom. The SMILES string of the molecule is CC1(C)CCC(CN2CCN(c3ccc(C(=O)NS(=O)(=O)c4ccc(NC5CC6(C5)CN(C5CCOCC5)C6)c([N+](=O)[O-])c4)c(N4CCCOc5nc6[nH]ccc6cc54)c3)CC2)=C(c2ccc(Cl)cc2)C1. The highest BCUT2D eigenvalue weighted by Crippen LogP contribution is 2.51. The maximum atomic E-state index is 14.5. The Balaban J connectivity index is 0.826. The number of piperazine rings is 1. The molecule has 3 saturated heterocycles. The smallest absolute Gasteiger partial charge is 0.293 e. The molecule has 2 aromatic heterocycles. The Morgan fingerprint density at radius 3 is 2.48 bits per heavy atom. The number of hydrogen-bond donors (Lipinski definition) is 3. The number of allylic oxidation sites excluding steroid dienone is 1. The summed E-state index contributed by atoms with van der Waals surface area (Å²) in [5, 5.41) is 17.4. The van der Waals surface area contributed by atoms with Crippen LogP contribution in [0.2, 0.25) is 5.02 Å². The van der Waals surface area contributed by atoms with Gasteiger partial charge in [0.05, 0.1) is 27.7 Å². The van der Waals surface area contributed by atoms with Gasteiger partial charge in [0.1, 0.15) is 17.0 Å². The summed E-state index contributed by atoms with van der Waals surface area (Å²) in [6.45, 7) is 13.3. The maximum absolute atomic E-state index is 14.5. The van der Waals surface area contributed by atoms with Crippen LogP contribution >= 0.6 is 11.6 Å². The van der Waals surface area contributed by atoms with Crippen LogP contribution in [0.4, 0.5) is 28.4 Å². The third-order valence-corrected chi connectivity index (χ3v) is 17.4. The number of ether oxygens (including phenoxy) is 2. The molecule has 16 nitrogen and oxygen atoms in total. The molecule has 6 heterocycles. The number of nitrogens with one attached hydrogen (secondary N) is 3. The molecule has 0 unspecified atom stereocenters. The summed E-state index contributed by atoms with van der Waals surface area (Å²) in [5.74, 6) is -0.462. The van der Waals surface area contributed by atoms with E-state index in [2.05, 4.69) is 55.7 Å². The van der Waals surface area contributed by atoms with Crippen molar-refractivity contribution in [2.24, 2.45) is 10.8 Å². The average molecular weight is 1000 g/mol. The number of anilines is 4. The van der Waals surface area contributed by atoms with Crippen molar-refractivity contribution in [3.05, 3.63) is 111 Å². The molecule has 18 heteroatoms. The van der Waals surface area contributed by atoms with Crippen molar-refractivity contribution in [3.63, 3.8) is 0 Å². The number of carbonyl (C=O) groups is 1. The van der Waals surface area contributed by atoms with E-state index < -0.39 is 20.9 Å². The number of sulfonamides is 1. The zero-order valence-electron chi connectivity index (χ0n) is 40.4. The maximum Gasteiger partial charge on any atom is 0.293 e. The number of H-pyrrole nitrogens is 1. The summed E-state index contributed by atoms with van der Waals surface area (Å²) < 4.78 is 42.2. The summed E-state index contributed by atoms with van der Waals surface area (Å²) in [7, 11) is -4.58. The second-order valence-corrected chi connectivity index (χ2v) is 23.5. The Bertz CT molecular complexity index is 2990. The number of pyridine rings is 1. The molecular formula is C53H62ClN9O7S. The monoisotopic (exact) mass is 1000 g/mol. The van der Waals surface area contributed by atoms with Crippen molar-refractivity contribution < 1.29 is 27.6 Å². The fraction of sp³-hybridized carbons (Fsp3) is 0.472. The standard InChI is InChI=1S/C53H62ClN9O7S/c1-52(2)16-12-37(44(31-52)35-4-6-38(54)7-5-35)32-59-19-21-60(22-20-59)41-8-10-43(46(27-41)62-18-3-23-70-51-48(62)26-36-13-17-55-49(36)57-51)50(64)58-71(67,68)42-9-11-45(47(28-42)63(65)66)56-39-29-53(30-39)33-61(34-53)40-14-24-69-25-15-40/h4-11,13,17,26-28,39-40,56H,3,12,14-16,18-25,29-34H2,1-2H3,(H,55,57)(H,58,64). The fourth-order valence-corrected chi connectivity index (χ4v) is 13.0. The number of aromatic amines is 1. The minimum atomic E-state index is -4.58. The van der Waals surface area contributed by atoms with E-state index in [1.165, 1.54) is 28.8 Å². The van der Waals surface area contributed by atoms with Crippen molar-refractivity contribution >= 4 is 72.6 Å². The molecule has 0 bridgehead atoms. The summed E-state index contributed by atoms with van der Waals surface area (Å²) in [5.41, 5.74) is 7.30. The number of hydrogen-bond acceptors (Lipinski definition) is 13. The van der Waals surface area contributed by atoms with Crippen LogP contribution < -0.4 is 24.6 Å². The molecule has 0 atom stereocenters. The van der Waals surface area contributed by atoms with Crippen LogP contribution in [-0.2, 0) is 14.8 Å². The number of nitro groups is 1. The van der Waals surface area contributed by atoms with E-state index in [4.69, 9.17) is 26.1 Å². The number of likely N-dealkylation sites (tertiary alicyclic amines) is 1. The van der Waals surface area contributed by atoms with Crippen LogP contribution in [0.15, 0.2) is 89.5 Å². The Morgan fingerprint density at radius 2 is 1.72 bits per heavy atom. The number of rotatable bonds is 12. The van der Waals surface area contributed by atoms with E-state index in [0.29, 0.717) is 48.5 Å². The number of halogens is 1. The first-order chi connectivity index (χ1) is 34.2. The molecule has 71 heavy (non-hydrogen) atoms. The van der Waals surface area contributed by atoms with Crippen molar-refractivity contribution in [3.8, 4) is 5.88 Å². The lowest BCUT2D eigenvalue weighted by Crippen LogP contribution is -2.67. The first-order valence-corrected chi connectivity index (χ1v) is 26.9. The zero-order valence-corrected chi connectivity index (χ0v) is 42.0. The van der Waals surface area contributed by atoms with Crippen molar-refractivity contribution in [1.29, 1.82) is 0 Å². The highest BCUT2D eigenvalue weighted by Gasteiger charge is 2.54. The molecule has 3 N–H and O–H groups in total. The lowest BCUT2D eigenvalue weighted by Gasteiger charge is -2.61. The predicted molar refractivity (Wildman–Crippen MR) is 277 cm³/mol. The van der Waals surface area contributed by atoms with Crippen molar-refractivity contribution in [2.75, 3.05) is 87.3 Å². The van der Waals surface area contributed by atoms with Crippen LogP contribution in [0.1, 0.15) is 81.1 Å². The molecule has 3 aromatic carbocycles. The largest absolute Gasteiger partial charge is 0.476 e. The van der Waals surface area contributed by atoms with Gasteiger partial charge in [0.25, 0.3) is 21.6 Å². The summed E-state index contributed by atoms with van der Waals surface area (Å²) in [6.07, 6.45) is 9.51. The van der Waals surface area contributed by atoms with Gasteiger partial charge in [-0.1, -0.05) is 43.2 Å². The van der Waals surface area contributed by atoms with Gasteiger partial charge in [0, 0.05) is 106 Å². The lowest BCUT2D eigenvalue weighted by molar-refractivity contribution is -0.384. The molecule has 0 radical (unpaired) electrons. The molecule has 4 fully saturated rings. The number of nitrogens with zero attached hydrogens (tertiary/aromatic N) is 6. The minimum Gasteiger partial charge on any atom is -0.476 e. The van der Waals surface area contributed by atoms with Crippen molar-refractivity contribution in [2.45, 2.75) is 82.2 Å². The lowest BCUT2D eigenvalue weighted by atomic mass is 9.60. The van der Waals surface area contributed by atoms with Gasteiger partial charge in [0.2, 0.25) is 5.88 Å². The highest BCUT2D eigenvalue weighted by molar-refractivity contribution is 7.90. The molecule has 11 rings (SSSR count). The fourth-order valence-electron chi connectivity index (χ4n) is 11.9. The van der Waals surface area contributed by atoms with E-state index in [1.54, 1.807) is 6.07 Å². The van der Waals surface area contributed by atoms with Gasteiger partial charge >= 0.3 is 0 Å². The van der Waals surface area contributed by atoms with E-state index in [1.807, 2.05) is 47.5 Å². The number of fused-ring (bicyclic) bond motifs is 2. The van der Waals surface area contributed by atoms with E-state index >= 15 is 0 Å². The van der Waals surface area contributed by atoms with Crippen LogP contribution in [0.3, 0.4) is 0 Å². The molecule has 1 amide bonds. The molecule has 374 valence electrons. The first-order valence-electron chi connectivity index (χ1n) is 25.1. The minimum absolute atomic E-state index is 0.0389. The Labute approximate surface area is 419 Å². The van der Waals surface area contributed by atoms with Gasteiger partial charge in [-0.3, -0.25) is 24.7 Å². The third-order valence-electron chi connectivity index (χ3n) is 15.8. The third kappa shape index (κ3) is 9.83. The van der Waals surface area contributed by atoms with E-state index in [0.717, 1.165) is 126 Å². The van der Waals surface area contributed by atoms with Gasteiger partial charge in [-0.25, -0.2) is 13.1 Å². The summed E-state index contributed by atoms with van der Waals surface area (Å²) in [4.78, 5) is 43.3. The molecule has 2 aliphatic carbocycles. The van der Waals surface area contributed by atoms with E-state index in [9.17, 15) is 23.3 Å². The molecule has 6 aliphatic rings. The summed E-state index contributed by atoms with van der Waals surface area (Å²) in [6, 6.07) is 22.0. The van der Waals surface area contributed by atoms with Crippen LogP contribution in [0, 0.1) is 20.9 Å². The molecule has 4 aliphatic heterocycles. The van der Waals surface area contributed by atoms with Crippen LogP contribution in [0.5, 0.6) is 5.88 Å². The quantitative estimate of drug-likeness (QED) is 0.0798. The highest BCUT2D eigenvalue weighted by atomic mass is 35.5. The second kappa shape index (κ2) is 19.0. The van der Waals surface area contributed by atoms with Gasteiger partial charge in [-0.15, -0.1) is 0 Å². The van der Waals surface area contributed by atoms with Gasteiger partial charge in [-0.05, 0) is 128 Å². The van der Waals surface area contributed by atoms with Gasteiger partial charge < -0.3 is 29.6 Å². The number of nitro benzene ring substituents is 1. The second-order valence-electron chi connectivity index (χ2n) is 21.3. The molecular weight excluding hydrogens is 942 g/mol. The van der Waals surface area contributed by atoms with Gasteiger partial charge in [-0.2, -0.15) is 4.98 Å². The van der Waals surface area contributed by atoms with Crippen LogP contribution in [-0.4, -0.2) is 123 Å². The number of benzene rings is 3. The number of carbonyl (C=O) groups excluding carboxylic acids is 1. The normalized spacial score (nSPS) is 21.0. The van der Waals surface area contributed by atoms with E-state index in [-0.39, 0.29) is 38.7 Å². The molecule has 1 saturated carbocycles. The summed E-state index contributed by atoms with van der Waals surface area (Å²) >= 11 is 6.29. The predicted octanol–water partition coefficient (Wildman–Crippen LogP) is 9.01. The van der Waals surface area contributed by atoms with Gasteiger partial charge in [0.15, 0.2) is 0 Å². The zero-order chi connectivity index (χ0) is 49.1. The molecule has 1 spiro atoms. The first kappa shape index (κ1) is 47.6. The Hall–Kier alpha value is -5.72. The van der Waals surface area contributed by atoms with Crippen molar-refractivity contribution in [1.82, 2.24) is 24.5 Å².